The van der Waals surface area contributed by atoms with Gasteiger partial charge in [-0.25, -0.2) is 0 Å². The van der Waals surface area contributed by atoms with Gasteiger partial charge in [0.25, 0.3) is 0 Å². The van der Waals surface area contributed by atoms with Crippen LogP contribution in [0.25, 0.3) is 0 Å². The Morgan fingerprint density at radius 1 is 1.50 bits per heavy atom. The lowest BCUT2D eigenvalue weighted by Crippen LogP contribution is -2.08. The first-order valence-corrected chi connectivity index (χ1v) is 4.95. The first kappa shape index (κ1) is 8.52. The molecule has 2 nitrogen and oxygen atoms in total. The quantitative estimate of drug-likeness (QED) is 0.675. The van der Waals surface area contributed by atoms with Crippen molar-refractivity contribution >= 4 is 0 Å². The molecule has 2 heteroatoms. The highest BCUT2D eigenvalue weighted by Gasteiger charge is 2.59. The van der Waals surface area contributed by atoms with Gasteiger partial charge >= 0.3 is 0 Å². The number of rotatable bonds is 2. The minimum Gasteiger partial charge on any atom is -0.381 e. The molecule has 1 heterocycles. The summed E-state index contributed by atoms with van der Waals surface area (Å²) in [4.78, 5) is 0. The third kappa shape index (κ3) is 1.09. The molecule has 1 saturated carbocycles. The average molecular weight is 169 g/mol. The highest BCUT2D eigenvalue weighted by Crippen LogP contribution is 2.62. The fourth-order valence-electron chi connectivity index (χ4n) is 3.01. The van der Waals surface area contributed by atoms with Crippen LogP contribution >= 0.6 is 0 Å². The van der Waals surface area contributed by atoms with Gasteiger partial charge in [0.1, 0.15) is 0 Å². The van der Waals surface area contributed by atoms with Crippen LogP contribution in [0, 0.1) is 23.2 Å². The molecule has 2 fully saturated rings. The van der Waals surface area contributed by atoms with Crippen LogP contribution in [0.5, 0.6) is 0 Å². The highest BCUT2D eigenvalue weighted by molar-refractivity contribution is 5.08. The molecule has 2 N–H and O–H groups in total. The molecule has 12 heavy (non-hydrogen) atoms. The second-order valence-electron chi connectivity index (χ2n) is 4.81. The Morgan fingerprint density at radius 2 is 2.25 bits per heavy atom. The van der Waals surface area contributed by atoms with E-state index in [0.29, 0.717) is 5.41 Å². The van der Waals surface area contributed by atoms with E-state index >= 15 is 0 Å². The Balaban J connectivity index is 1.97. The summed E-state index contributed by atoms with van der Waals surface area (Å²) in [6, 6.07) is 0. The standard InChI is InChI=1S/C10H19NO/c1-10(2)8(5-11)9(10)7-3-4-12-6-7/h7-9H,3-6,11H2,1-2H3. The molecule has 3 unspecified atom stereocenters. The normalized spacial score (nSPS) is 44.8. The van der Waals surface area contributed by atoms with Crippen molar-refractivity contribution in [2.75, 3.05) is 19.8 Å². The molecule has 0 amide bonds. The van der Waals surface area contributed by atoms with Gasteiger partial charge in [0, 0.05) is 13.2 Å². The number of nitrogens with two attached hydrogens (primary N) is 1. The summed E-state index contributed by atoms with van der Waals surface area (Å²) in [5, 5.41) is 0. The van der Waals surface area contributed by atoms with Gasteiger partial charge in [0.05, 0.1) is 0 Å². The predicted molar refractivity (Wildman–Crippen MR) is 48.7 cm³/mol. The minimum absolute atomic E-state index is 0.493. The van der Waals surface area contributed by atoms with Crippen LogP contribution in [0.3, 0.4) is 0 Å². The smallest absolute Gasteiger partial charge is 0.0498 e. The zero-order chi connectivity index (χ0) is 8.77. The minimum atomic E-state index is 0.493. The molecule has 0 aromatic heterocycles. The van der Waals surface area contributed by atoms with Crippen molar-refractivity contribution in [3.63, 3.8) is 0 Å². The first-order chi connectivity index (χ1) is 5.68. The van der Waals surface area contributed by atoms with E-state index in [0.717, 1.165) is 37.5 Å². The van der Waals surface area contributed by atoms with Crippen LogP contribution in [0.4, 0.5) is 0 Å². The second kappa shape index (κ2) is 2.71. The summed E-state index contributed by atoms with van der Waals surface area (Å²) in [6.07, 6.45) is 1.25. The van der Waals surface area contributed by atoms with Crippen molar-refractivity contribution in [2.24, 2.45) is 28.9 Å². The first-order valence-electron chi connectivity index (χ1n) is 4.95. The SMILES string of the molecule is CC1(C)C(CN)C1C1CCOC1. The monoisotopic (exact) mass is 169 g/mol. The Hall–Kier alpha value is -0.0800. The molecule has 2 rings (SSSR count). The molecular formula is C10H19NO. The van der Waals surface area contributed by atoms with E-state index in [2.05, 4.69) is 13.8 Å². The lowest BCUT2D eigenvalue weighted by molar-refractivity contribution is 0.178. The summed E-state index contributed by atoms with van der Waals surface area (Å²) in [5.74, 6) is 2.39. The van der Waals surface area contributed by atoms with E-state index in [4.69, 9.17) is 10.5 Å². The highest BCUT2D eigenvalue weighted by atomic mass is 16.5. The summed E-state index contributed by atoms with van der Waals surface area (Å²) < 4.78 is 5.40. The Labute approximate surface area is 74.5 Å². The molecular weight excluding hydrogens is 150 g/mol. The van der Waals surface area contributed by atoms with E-state index in [-0.39, 0.29) is 0 Å². The topological polar surface area (TPSA) is 35.2 Å². The van der Waals surface area contributed by atoms with Gasteiger partial charge < -0.3 is 10.5 Å². The van der Waals surface area contributed by atoms with Crippen LogP contribution in [0.15, 0.2) is 0 Å². The third-order valence-corrected chi connectivity index (χ3v) is 3.87. The Kier molecular flexibility index (Phi) is 1.92. The van der Waals surface area contributed by atoms with Crippen molar-refractivity contribution < 1.29 is 4.74 Å². The zero-order valence-corrected chi connectivity index (χ0v) is 8.05. The Morgan fingerprint density at radius 3 is 2.67 bits per heavy atom. The predicted octanol–water partition coefficient (Wildman–Crippen LogP) is 1.25. The fourth-order valence-corrected chi connectivity index (χ4v) is 3.01. The molecule has 0 aromatic carbocycles. The molecule has 1 aliphatic heterocycles. The van der Waals surface area contributed by atoms with Crippen molar-refractivity contribution in [3.8, 4) is 0 Å². The molecule has 0 aromatic rings. The van der Waals surface area contributed by atoms with Crippen LogP contribution in [0.1, 0.15) is 20.3 Å². The van der Waals surface area contributed by atoms with E-state index in [1.807, 2.05) is 0 Å². The maximum atomic E-state index is 5.73. The average Bonchev–Trinajstić information content (AvgIpc) is 2.50. The molecule has 3 atom stereocenters. The lowest BCUT2D eigenvalue weighted by Gasteiger charge is -2.07. The molecule has 70 valence electrons. The van der Waals surface area contributed by atoms with E-state index in [9.17, 15) is 0 Å². The Bertz CT molecular complexity index is 173. The van der Waals surface area contributed by atoms with Gasteiger partial charge in [-0.15, -0.1) is 0 Å². The number of hydrogen-bond donors (Lipinski definition) is 1. The second-order valence-corrected chi connectivity index (χ2v) is 4.81. The summed E-state index contributed by atoms with van der Waals surface area (Å²) in [6.45, 7) is 7.48. The van der Waals surface area contributed by atoms with Crippen LogP contribution < -0.4 is 5.73 Å². The molecule has 2 aliphatic rings. The van der Waals surface area contributed by atoms with Crippen molar-refractivity contribution in [3.05, 3.63) is 0 Å². The van der Waals surface area contributed by atoms with Gasteiger partial charge in [-0.2, -0.15) is 0 Å². The van der Waals surface area contributed by atoms with Gasteiger partial charge in [0.15, 0.2) is 0 Å². The molecule has 0 bridgehead atoms. The maximum Gasteiger partial charge on any atom is 0.0498 e. The third-order valence-electron chi connectivity index (χ3n) is 3.87. The molecule has 1 saturated heterocycles. The van der Waals surface area contributed by atoms with Gasteiger partial charge in [-0.05, 0) is 36.1 Å². The van der Waals surface area contributed by atoms with E-state index in [1.54, 1.807) is 0 Å². The summed E-state index contributed by atoms with van der Waals surface area (Å²) >= 11 is 0. The summed E-state index contributed by atoms with van der Waals surface area (Å²) in [7, 11) is 0. The van der Waals surface area contributed by atoms with Crippen LogP contribution in [-0.4, -0.2) is 19.8 Å². The summed E-state index contributed by atoms with van der Waals surface area (Å²) in [5.41, 5.74) is 6.22. The van der Waals surface area contributed by atoms with Crippen LogP contribution in [0.2, 0.25) is 0 Å². The van der Waals surface area contributed by atoms with Crippen molar-refractivity contribution in [2.45, 2.75) is 20.3 Å². The maximum absolute atomic E-state index is 5.73. The van der Waals surface area contributed by atoms with E-state index in [1.165, 1.54) is 6.42 Å². The van der Waals surface area contributed by atoms with Gasteiger partial charge in [0.2, 0.25) is 0 Å². The molecule has 0 spiro atoms. The number of hydrogen-bond acceptors (Lipinski definition) is 2. The van der Waals surface area contributed by atoms with Gasteiger partial charge in [-0.1, -0.05) is 13.8 Å². The fraction of sp³-hybridized carbons (Fsp3) is 1.00. The van der Waals surface area contributed by atoms with Crippen LogP contribution in [-0.2, 0) is 4.74 Å². The zero-order valence-electron chi connectivity index (χ0n) is 8.05. The number of ether oxygens (including phenoxy) is 1. The van der Waals surface area contributed by atoms with E-state index < -0.39 is 0 Å². The molecule has 1 aliphatic carbocycles. The van der Waals surface area contributed by atoms with Crippen molar-refractivity contribution in [1.29, 1.82) is 0 Å². The van der Waals surface area contributed by atoms with Gasteiger partial charge in [-0.3, -0.25) is 0 Å². The lowest BCUT2D eigenvalue weighted by atomic mass is 9.97. The van der Waals surface area contributed by atoms with Crippen molar-refractivity contribution in [1.82, 2.24) is 0 Å². The largest absolute Gasteiger partial charge is 0.381 e. The molecule has 0 radical (unpaired) electrons.